The Balaban J connectivity index is 2.15. The minimum atomic E-state index is -0.578. The first kappa shape index (κ1) is 24.1. The average Bonchev–Trinajstić information content (AvgIpc) is 2.76. The topological polar surface area (TPSA) is 74.3 Å². The van der Waals surface area contributed by atoms with Crippen molar-refractivity contribution in [2.75, 3.05) is 33.9 Å². The average molecular weight is 433 g/mol. The lowest BCUT2D eigenvalue weighted by molar-refractivity contribution is -0.270. The summed E-state index contributed by atoms with van der Waals surface area (Å²) >= 11 is 0. The van der Waals surface area contributed by atoms with Gasteiger partial charge < -0.3 is 14.4 Å². The number of hydrogen-bond donors (Lipinski definition) is 0. The molecule has 0 heterocycles. The summed E-state index contributed by atoms with van der Waals surface area (Å²) < 4.78 is 24.6. The highest BCUT2D eigenvalue weighted by Crippen LogP contribution is 2.30. The van der Waals surface area contributed by atoms with E-state index in [4.69, 9.17) is 14.4 Å². The van der Waals surface area contributed by atoms with Gasteiger partial charge in [0.1, 0.15) is 23.9 Å². The number of carbonyl (C=O) groups excluding carboxylic acids is 2. The number of aryl methyl sites for hydroxylation is 1. The van der Waals surface area contributed by atoms with E-state index in [9.17, 15) is 14.0 Å². The van der Waals surface area contributed by atoms with Crippen LogP contribution in [0.15, 0.2) is 36.4 Å². The SMILES string of the molecule is COc1cc(C(=O)N(CCCc2ccccc2F)CCOOC(C)=O)cc(OC)c1C. The zero-order valence-electron chi connectivity index (χ0n) is 18.3. The fourth-order valence-corrected chi connectivity index (χ4v) is 3.14. The van der Waals surface area contributed by atoms with E-state index in [0.717, 1.165) is 5.56 Å². The first-order valence-corrected chi connectivity index (χ1v) is 9.92. The molecule has 2 aromatic rings. The van der Waals surface area contributed by atoms with Crippen molar-refractivity contribution >= 4 is 11.9 Å². The molecular weight excluding hydrogens is 405 g/mol. The van der Waals surface area contributed by atoms with Crippen LogP contribution in [0.5, 0.6) is 11.5 Å². The van der Waals surface area contributed by atoms with E-state index in [1.54, 1.807) is 35.2 Å². The van der Waals surface area contributed by atoms with Gasteiger partial charge in [0.15, 0.2) is 0 Å². The van der Waals surface area contributed by atoms with Crippen LogP contribution in [0.25, 0.3) is 0 Å². The second-order valence-corrected chi connectivity index (χ2v) is 6.89. The molecule has 0 bridgehead atoms. The van der Waals surface area contributed by atoms with Gasteiger partial charge in [-0.05, 0) is 43.5 Å². The van der Waals surface area contributed by atoms with E-state index in [1.165, 1.54) is 27.2 Å². The number of ether oxygens (including phenoxy) is 2. The van der Waals surface area contributed by atoms with Crippen molar-refractivity contribution in [2.45, 2.75) is 26.7 Å². The molecule has 0 aliphatic rings. The van der Waals surface area contributed by atoms with Crippen molar-refractivity contribution < 1.29 is 33.2 Å². The molecular formula is C23H28FNO6. The summed E-state index contributed by atoms with van der Waals surface area (Å²) in [4.78, 5) is 35.0. The zero-order valence-corrected chi connectivity index (χ0v) is 18.3. The summed E-state index contributed by atoms with van der Waals surface area (Å²) in [6, 6.07) is 9.85. The summed E-state index contributed by atoms with van der Waals surface area (Å²) in [6.45, 7) is 3.61. The molecule has 8 heteroatoms. The minimum absolute atomic E-state index is 0.00511. The number of benzene rings is 2. The second kappa shape index (κ2) is 11.9. The second-order valence-electron chi connectivity index (χ2n) is 6.89. The molecule has 0 fully saturated rings. The van der Waals surface area contributed by atoms with Crippen molar-refractivity contribution in [1.29, 1.82) is 0 Å². The maximum Gasteiger partial charge on any atom is 0.339 e. The van der Waals surface area contributed by atoms with E-state index < -0.39 is 5.97 Å². The Morgan fingerprint density at radius 3 is 2.26 bits per heavy atom. The fourth-order valence-electron chi connectivity index (χ4n) is 3.14. The highest BCUT2D eigenvalue weighted by atomic mass is 19.1. The highest BCUT2D eigenvalue weighted by molar-refractivity contribution is 5.95. The number of methoxy groups -OCH3 is 2. The molecule has 0 aromatic heterocycles. The van der Waals surface area contributed by atoms with Crippen LogP contribution in [0.4, 0.5) is 4.39 Å². The van der Waals surface area contributed by atoms with Crippen LogP contribution in [-0.2, 0) is 21.0 Å². The van der Waals surface area contributed by atoms with Crippen molar-refractivity contribution in [3.8, 4) is 11.5 Å². The summed E-state index contributed by atoms with van der Waals surface area (Å²) in [5, 5.41) is 0. The van der Waals surface area contributed by atoms with Crippen LogP contribution in [0, 0.1) is 12.7 Å². The summed E-state index contributed by atoms with van der Waals surface area (Å²) in [6.07, 6.45) is 1.02. The molecule has 0 N–H and O–H groups in total. The van der Waals surface area contributed by atoms with Gasteiger partial charge in [-0.25, -0.2) is 9.18 Å². The maximum absolute atomic E-state index is 13.9. The molecule has 0 aliphatic heterocycles. The van der Waals surface area contributed by atoms with Crippen molar-refractivity contribution in [3.05, 3.63) is 58.9 Å². The molecule has 0 aliphatic carbocycles. The molecule has 0 saturated carbocycles. The van der Waals surface area contributed by atoms with Crippen molar-refractivity contribution in [1.82, 2.24) is 4.90 Å². The fraction of sp³-hybridized carbons (Fsp3) is 0.391. The van der Waals surface area contributed by atoms with E-state index in [1.807, 2.05) is 6.92 Å². The van der Waals surface area contributed by atoms with Crippen molar-refractivity contribution in [3.63, 3.8) is 0 Å². The molecule has 168 valence electrons. The Labute approximate surface area is 181 Å². The van der Waals surface area contributed by atoms with E-state index in [-0.39, 0.29) is 24.9 Å². The Bertz CT molecular complexity index is 876. The minimum Gasteiger partial charge on any atom is -0.496 e. The molecule has 2 rings (SSSR count). The third-order valence-electron chi connectivity index (χ3n) is 4.74. The van der Waals surface area contributed by atoms with Crippen LogP contribution < -0.4 is 9.47 Å². The predicted molar refractivity (Wildman–Crippen MR) is 113 cm³/mol. The van der Waals surface area contributed by atoms with Crippen LogP contribution in [0.3, 0.4) is 0 Å². The number of carbonyl (C=O) groups is 2. The normalized spacial score (nSPS) is 10.5. The van der Waals surface area contributed by atoms with Gasteiger partial charge in [0.2, 0.25) is 0 Å². The van der Waals surface area contributed by atoms with Gasteiger partial charge in [0.05, 0.1) is 14.2 Å². The Kier molecular flexibility index (Phi) is 9.27. The van der Waals surface area contributed by atoms with Crippen molar-refractivity contribution in [2.24, 2.45) is 0 Å². The lowest BCUT2D eigenvalue weighted by atomic mass is 10.1. The molecule has 0 radical (unpaired) electrons. The first-order chi connectivity index (χ1) is 14.9. The van der Waals surface area contributed by atoms with E-state index in [0.29, 0.717) is 42.0 Å². The Hall–Kier alpha value is -3.13. The van der Waals surface area contributed by atoms with Gasteiger partial charge >= 0.3 is 5.97 Å². The molecule has 0 unspecified atom stereocenters. The quantitative estimate of drug-likeness (QED) is 0.306. The summed E-state index contributed by atoms with van der Waals surface area (Å²) in [7, 11) is 3.05. The largest absolute Gasteiger partial charge is 0.496 e. The third kappa shape index (κ3) is 6.96. The van der Waals surface area contributed by atoms with Gasteiger partial charge in [0, 0.05) is 31.1 Å². The van der Waals surface area contributed by atoms with Gasteiger partial charge in [-0.15, -0.1) is 0 Å². The standard InChI is InChI=1S/C23H28FNO6/c1-16-21(28-3)14-19(15-22(16)29-4)23(27)25(12-13-30-31-17(2)26)11-7-9-18-8-5-6-10-20(18)24/h5-6,8,10,14-15H,7,9,11-13H2,1-4H3. The summed E-state index contributed by atoms with van der Waals surface area (Å²) in [5.41, 5.74) is 1.76. The van der Waals surface area contributed by atoms with Crippen LogP contribution in [-0.4, -0.2) is 50.7 Å². The molecule has 1 amide bonds. The number of rotatable bonds is 11. The van der Waals surface area contributed by atoms with Crippen LogP contribution in [0.1, 0.15) is 34.8 Å². The molecule has 31 heavy (non-hydrogen) atoms. The van der Waals surface area contributed by atoms with Gasteiger partial charge in [0.25, 0.3) is 5.91 Å². The Morgan fingerprint density at radius 2 is 1.68 bits per heavy atom. The van der Waals surface area contributed by atoms with Gasteiger partial charge in [-0.3, -0.25) is 9.68 Å². The lowest BCUT2D eigenvalue weighted by Crippen LogP contribution is -2.35. The number of hydrogen-bond acceptors (Lipinski definition) is 6. The number of nitrogens with zero attached hydrogens (tertiary/aromatic N) is 1. The summed E-state index contributed by atoms with van der Waals surface area (Å²) in [5.74, 6) is -0.0519. The number of amides is 1. The highest BCUT2D eigenvalue weighted by Gasteiger charge is 2.20. The van der Waals surface area contributed by atoms with Crippen LogP contribution in [0.2, 0.25) is 0 Å². The van der Waals surface area contributed by atoms with Crippen LogP contribution >= 0.6 is 0 Å². The first-order valence-electron chi connectivity index (χ1n) is 9.92. The molecule has 0 spiro atoms. The van der Waals surface area contributed by atoms with E-state index in [2.05, 4.69) is 4.89 Å². The molecule has 0 saturated heterocycles. The van der Waals surface area contributed by atoms with Gasteiger partial charge in [-0.2, -0.15) is 4.89 Å². The number of halogens is 1. The molecule has 7 nitrogen and oxygen atoms in total. The van der Waals surface area contributed by atoms with E-state index >= 15 is 0 Å². The zero-order chi connectivity index (χ0) is 22.8. The maximum atomic E-state index is 13.9. The molecule has 2 aromatic carbocycles. The van der Waals surface area contributed by atoms with Gasteiger partial charge in [-0.1, -0.05) is 18.2 Å². The Morgan fingerprint density at radius 1 is 1.03 bits per heavy atom. The predicted octanol–water partition coefficient (Wildman–Crippen LogP) is 3.72. The smallest absolute Gasteiger partial charge is 0.339 e. The third-order valence-corrected chi connectivity index (χ3v) is 4.74. The monoisotopic (exact) mass is 433 g/mol. The lowest BCUT2D eigenvalue weighted by Gasteiger charge is -2.23. The molecule has 0 atom stereocenters.